The first-order chi connectivity index (χ1) is 17.0. The normalized spacial score (nSPS) is 41.1. The van der Waals surface area contributed by atoms with Gasteiger partial charge in [0.2, 0.25) is 6.29 Å². The van der Waals surface area contributed by atoms with Crippen LogP contribution in [0.3, 0.4) is 0 Å². The molecule has 0 aromatic heterocycles. The van der Waals surface area contributed by atoms with Gasteiger partial charge in [-0.05, 0) is 39.7 Å². The molecule has 0 unspecified atom stereocenters. The van der Waals surface area contributed by atoms with Crippen LogP contribution in [-0.2, 0) is 23.7 Å². The second-order valence-electron chi connectivity index (χ2n) is 9.93. The predicted octanol–water partition coefficient (Wildman–Crippen LogP) is -0.363. The Balaban J connectivity index is 1.67. The van der Waals surface area contributed by atoms with Crippen molar-refractivity contribution in [3.05, 3.63) is 35.6 Å². The number of hydrogen-bond donors (Lipinski definition) is 6. The molecule has 36 heavy (non-hydrogen) atoms. The third kappa shape index (κ3) is 6.35. The molecule has 2 aliphatic heterocycles. The highest BCUT2D eigenvalue weighted by Gasteiger charge is 2.58. The van der Waals surface area contributed by atoms with Crippen molar-refractivity contribution in [3.63, 3.8) is 0 Å². The highest BCUT2D eigenvalue weighted by atomic mass is 16.8. The van der Waals surface area contributed by atoms with Gasteiger partial charge in [-0.25, -0.2) is 4.79 Å². The van der Waals surface area contributed by atoms with Crippen LogP contribution in [0.25, 0.3) is 0 Å². The molecule has 0 aromatic carbocycles. The zero-order chi connectivity index (χ0) is 26.6. The molecule has 0 radical (unpaired) electrons. The summed E-state index contributed by atoms with van der Waals surface area (Å²) in [6.07, 6.45) is -1.23. The first-order valence-corrected chi connectivity index (χ1v) is 12.1. The summed E-state index contributed by atoms with van der Waals surface area (Å²) in [6, 6.07) is 0. The number of allylic oxidation sites excluding steroid dienone is 2. The number of aliphatic hydroxyl groups excluding tert-OH is 5. The van der Waals surface area contributed by atoms with Gasteiger partial charge in [-0.3, -0.25) is 0 Å². The number of esters is 1. The molecule has 0 bridgehead atoms. The van der Waals surface area contributed by atoms with Crippen molar-refractivity contribution in [1.29, 1.82) is 0 Å². The van der Waals surface area contributed by atoms with E-state index in [0.717, 1.165) is 5.57 Å². The number of carbonyl (C=O) groups is 1. The molecule has 204 valence electrons. The minimum absolute atomic E-state index is 0.0287. The van der Waals surface area contributed by atoms with Gasteiger partial charge in [-0.2, -0.15) is 0 Å². The highest BCUT2D eigenvalue weighted by Crippen LogP contribution is 2.48. The summed E-state index contributed by atoms with van der Waals surface area (Å²) in [5.41, 5.74) is 0.0747. The van der Waals surface area contributed by atoms with Crippen molar-refractivity contribution in [1.82, 2.24) is 0 Å². The van der Waals surface area contributed by atoms with Crippen LogP contribution in [0.4, 0.5) is 0 Å². The zero-order valence-corrected chi connectivity index (χ0v) is 20.8. The van der Waals surface area contributed by atoms with E-state index in [1.165, 1.54) is 6.26 Å². The van der Waals surface area contributed by atoms with Gasteiger partial charge in [-0.1, -0.05) is 17.7 Å². The van der Waals surface area contributed by atoms with Gasteiger partial charge in [0.1, 0.15) is 30.5 Å². The molecule has 3 aliphatic rings. The number of fused-ring (bicyclic) bond motifs is 1. The lowest BCUT2D eigenvalue weighted by atomic mass is 9.85. The van der Waals surface area contributed by atoms with Crippen LogP contribution >= 0.6 is 0 Å². The third-order valence-corrected chi connectivity index (χ3v) is 7.11. The SMILES string of the molecule is C/C(=C\CO)CC/C=C(\C)C(=O)O[C@@H]1C[C@](C)(O)[C@H]2[C@H](O[C@@H]3O[C@H](CO)[C@@H](O)[C@H](O)[C@H]3O)OC=C[C@H]21. The molecule has 0 aromatic rings. The molecule has 1 aliphatic carbocycles. The summed E-state index contributed by atoms with van der Waals surface area (Å²) >= 11 is 0. The Morgan fingerprint density at radius 3 is 2.50 bits per heavy atom. The standard InChI is InChI=1S/C25H38O11/c1-13(7-9-26)5-4-6-14(2)22(31)34-16-11-25(3,32)18-15(16)8-10-33-23(18)36-24-21(30)20(29)19(28)17(12-27)35-24/h6-8,10,15-21,23-24,26-30,32H,4-5,9,11-12H2,1-3H3/b13-7+,14-6+/t15-,16+,17+,18+,19+,20-,21+,23-,24-,25-/m0/s1. The van der Waals surface area contributed by atoms with Crippen molar-refractivity contribution in [3.8, 4) is 0 Å². The van der Waals surface area contributed by atoms with Gasteiger partial charge >= 0.3 is 5.97 Å². The van der Waals surface area contributed by atoms with Gasteiger partial charge in [0, 0.05) is 17.9 Å². The summed E-state index contributed by atoms with van der Waals surface area (Å²) < 4.78 is 22.5. The third-order valence-electron chi connectivity index (χ3n) is 7.11. The van der Waals surface area contributed by atoms with Gasteiger partial charge in [-0.15, -0.1) is 0 Å². The fraction of sp³-hybridized carbons (Fsp3) is 0.720. The Hall–Kier alpha value is -1.83. The van der Waals surface area contributed by atoms with Crippen LogP contribution in [0, 0.1) is 11.8 Å². The maximum Gasteiger partial charge on any atom is 0.333 e. The maximum absolute atomic E-state index is 12.7. The van der Waals surface area contributed by atoms with Crippen LogP contribution in [-0.4, -0.2) is 98.5 Å². The molecule has 1 saturated carbocycles. The fourth-order valence-electron chi connectivity index (χ4n) is 4.98. The number of rotatable bonds is 9. The number of aliphatic hydroxyl groups is 6. The van der Waals surface area contributed by atoms with Crippen molar-refractivity contribution >= 4 is 5.97 Å². The van der Waals surface area contributed by atoms with Crippen LogP contribution in [0.2, 0.25) is 0 Å². The van der Waals surface area contributed by atoms with Crippen molar-refractivity contribution in [2.45, 2.75) is 88.7 Å². The van der Waals surface area contributed by atoms with Crippen molar-refractivity contribution in [2.24, 2.45) is 11.8 Å². The molecule has 11 heteroatoms. The fourth-order valence-corrected chi connectivity index (χ4v) is 4.98. The molecule has 10 atom stereocenters. The lowest BCUT2D eigenvalue weighted by molar-refractivity contribution is -0.346. The van der Waals surface area contributed by atoms with Gasteiger partial charge in [0.15, 0.2) is 6.29 Å². The van der Waals surface area contributed by atoms with E-state index in [1.54, 1.807) is 32.1 Å². The molecule has 3 rings (SSSR count). The molecule has 1 saturated heterocycles. The number of hydrogen-bond acceptors (Lipinski definition) is 11. The minimum Gasteiger partial charge on any atom is -0.472 e. The Kier molecular flexibility index (Phi) is 9.69. The van der Waals surface area contributed by atoms with E-state index in [9.17, 15) is 30.3 Å². The summed E-state index contributed by atoms with van der Waals surface area (Å²) in [7, 11) is 0. The van der Waals surface area contributed by atoms with E-state index in [-0.39, 0.29) is 13.0 Å². The molecule has 2 heterocycles. The summed E-state index contributed by atoms with van der Waals surface area (Å²) in [5.74, 6) is -1.68. The average molecular weight is 515 g/mol. The molecule has 0 amide bonds. The quantitative estimate of drug-likeness (QED) is 0.135. The van der Waals surface area contributed by atoms with Crippen molar-refractivity contribution < 1.29 is 54.4 Å². The zero-order valence-electron chi connectivity index (χ0n) is 20.8. The minimum atomic E-state index is -1.63. The Morgan fingerprint density at radius 2 is 1.83 bits per heavy atom. The van der Waals surface area contributed by atoms with Crippen LogP contribution in [0.1, 0.15) is 40.0 Å². The summed E-state index contributed by atoms with van der Waals surface area (Å²) in [5, 5.41) is 59.9. The van der Waals surface area contributed by atoms with Gasteiger partial charge in [0.05, 0.1) is 31.0 Å². The molecular weight excluding hydrogens is 476 g/mol. The van der Waals surface area contributed by atoms with E-state index in [2.05, 4.69) is 0 Å². The summed E-state index contributed by atoms with van der Waals surface area (Å²) in [6.45, 7) is 4.49. The lowest BCUT2D eigenvalue weighted by Gasteiger charge is -2.43. The van der Waals surface area contributed by atoms with Crippen LogP contribution in [0.5, 0.6) is 0 Å². The molecule has 6 N–H and O–H groups in total. The molecular formula is C25H38O11. The van der Waals surface area contributed by atoms with E-state index < -0.39 is 73.1 Å². The summed E-state index contributed by atoms with van der Waals surface area (Å²) in [4.78, 5) is 12.7. The average Bonchev–Trinajstić information content (AvgIpc) is 3.09. The van der Waals surface area contributed by atoms with E-state index in [1.807, 2.05) is 6.92 Å². The number of carbonyl (C=O) groups excluding carboxylic acids is 1. The maximum atomic E-state index is 12.7. The Bertz CT molecular complexity index is 849. The predicted molar refractivity (Wildman–Crippen MR) is 125 cm³/mol. The highest BCUT2D eigenvalue weighted by molar-refractivity contribution is 5.87. The van der Waals surface area contributed by atoms with E-state index in [4.69, 9.17) is 24.1 Å². The largest absolute Gasteiger partial charge is 0.472 e. The number of ether oxygens (including phenoxy) is 4. The first kappa shape index (κ1) is 28.7. The van der Waals surface area contributed by atoms with Crippen molar-refractivity contribution in [2.75, 3.05) is 13.2 Å². The molecule has 11 nitrogen and oxygen atoms in total. The second-order valence-corrected chi connectivity index (χ2v) is 9.93. The molecule has 0 spiro atoms. The first-order valence-electron chi connectivity index (χ1n) is 12.1. The van der Waals surface area contributed by atoms with Gasteiger partial charge in [0.25, 0.3) is 0 Å². The van der Waals surface area contributed by atoms with Crippen LogP contribution < -0.4 is 0 Å². The topological polar surface area (TPSA) is 175 Å². The molecule has 2 fully saturated rings. The lowest BCUT2D eigenvalue weighted by Crippen LogP contribution is -2.60. The van der Waals surface area contributed by atoms with E-state index >= 15 is 0 Å². The van der Waals surface area contributed by atoms with Gasteiger partial charge < -0.3 is 49.6 Å². The van der Waals surface area contributed by atoms with E-state index in [0.29, 0.717) is 18.4 Å². The monoisotopic (exact) mass is 514 g/mol. The smallest absolute Gasteiger partial charge is 0.333 e. The second kappa shape index (κ2) is 12.1. The van der Waals surface area contributed by atoms with Crippen LogP contribution in [0.15, 0.2) is 35.6 Å². The Labute approximate surface area is 210 Å². The Morgan fingerprint density at radius 1 is 1.11 bits per heavy atom.